The van der Waals surface area contributed by atoms with Crippen LogP contribution in [-0.4, -0.2) is 81.8 Å². The lowest BCUT2D eigenvalue weighted by atomic mass is 9.56. The third-order valence-corrected chi connectivity index (χ3v) is 25.5. The SMILES string of the molecule is CC1=C2C[C@H]3[C@@H](CC=C4C[C@@H](C)CC[C@@]43C)[C@@H]2CC[C@@]2(C1)O[C@@H]1C[C@H](C)CN(C(=O)OCc3ccccc3)[C@H]1[C@H]2C.CC1=C2C[C@H]3[C@@H](CC=C4C[C@@H](O)CC[C@@]43C)[C@@H]2CC[C@@]2(C1)O[C@@H]1C[C@H](C)CN(C(=O)OCc3ccccc3)[C@H]1[C@H]2C. The Morgan fingerprint density at radius 3 is 1.48 bits per heavy atom. The summed E-state index contributed by atoms with van der Waals surface area (Å²) < 4.78 is 26.1. The second kappa shape index (κ2) is 22.0. The molecule has 2 aromatic carbocycles. The van der Waals surface area contributed by atoms with Crippen molar-refractivity contribution in [2.45, 2.75) is 233 Å². The third kappa shape index (κ3) is 9.83. The monoisotopic (exact) mass is 1120 g/mol. The fourth-order valence-corrected chi connectivity index (χ4v) is 21.1. The Labute approximate surface area is 492 Å². The number of aliphatic hydroxyl groups excluding tert-OH is 1. The molecule has 14 rings (SSSR count). The standard InChI is InChI=1S/C37H51NO3.C36H49NO4/c1-23-13-15-36(5)28(17-23)11-12-30-29-14-16-37(20-25(3)31(29)19-32(30)36)26(4)34-33(41-37)18-24(2)21-38(34)35(39)40-22-27-9-7-6-8-10-27;1-22-16-32-33(37(20-22)34(39)40-21-25-8-6-5-7-9-25)24(3)36(41-32)15-13-28-29-11-10-26-17-27(38)12-14-35(26,4)31(29)18-30(28)23(2)19-36/h6-11,23-24,26,29-30,32-34H,12-22H2,1-5H3;5-10,22,24,27-29,31-33,38H,11-21H2,1-4H3/t23-,24-,26+,29-,30-,32-,33+,34-,36-,37-;22-,24+,27-,28-,29-,31-,32+,33-,35-,36-/m00/s1. The number of benzene rings is 2. The summed E-state index contributed by atoms with van der Waals surface area (Å²) in [5.41, 5.74) is 12.3. The lowest BCUT2D eigenvalue weighted by Crippen LogP contribution is -2.54. The van der Waals surface area contributed by atoms with E-state index in [-0.39, 0.29) is 65.1 Å². The molecule has 0 aromatic heterocycles. The summed E-state index contributed by atoms with van der Waals surface area (Å²) in [6.45, 7) is 23.8. The zero-order valence-electron chi connectivity index (χ0n) is 51.5. The maximum atomic E-state index is 13.5. The molecule has 4 saturated heterocycles. The van der Waals surface area contributed by atoms with Gasteiger partial charge in [0.15, 0.2) is 0 Å². The van der Waals surface area contributed by atoms with Gasteiger partial charge in [0.25, 0.3) is 0 Å². The van der Waals surface area contributed by atoms with Gasteiger partial charge in [-0.25, -0.2) is 9.59 Å². The van der Waals surface area contributed by atoms with Gasteiger partial charge in [-0.05, 0) is 205 Å². The Hall–Kier alpha value is -4.18. The van der Waals surface area contributed by atoms with Gasteiger partial charge in [-0.1, -0.05) is 155 Å². The van der Waals surface area contributed by atoms with E-state index in [1.54, 1.807) is 27.9 Å². The van der Waals surface area contributed by atoms with E-state index in [0.29, 0.717) is 60.1 Å². The number of likely N-dealkylation sites (tertiary alicyclic amines) is 2. The predicted octanol–water partition coefficient (Wildman–Crippen LogP) is 16.2. The summed E-state index contributed by atoms with van der Waals surface area (Å²) >= 11 is 0. The molecule has 82 heavy (non-hydrogen) atoms. The fraction of sp³-hybridized carbons (Fsp3) is 0.699. The quantitative estimate of drug-likeness (QED) is 0.305. The molecule has 2 aromatic rings. The number of aliphatic hydroxyl groups is 1. The molecule has 12 aliphatic rings. The molecule has 4 saturated carbocycles. The van der Waals surface area contributed by atoms with E-state index < -0.39 is 0 Å². The van der Waals surface area contributed by atoms with Crippen LogP contribution in [-0.2, 0) is 32.2 Å². The third-order valence-electron chi connectivity index (χ3n) is 25.5. The van der Waals surface area contributed by atoms with Gasteiger partial charge in [-0.15, -0.1) is 0 Å². The largest absolute Gasteiger partial charge is 0.445 e. The Balaban J connectivity index is 0.000000154. The highest BCUT2D eigenvalue weighted by atomic mass is 16.6. The number of fused-ring (bicyclic) bond motifs is 12. The van der Waals surface area contributed by atoms with Crippen molar-refractivity contribution >= 4 is 12.2 Å². The van der Waals surface area contributed by atoms with Crippen LogP contribution in [0.3, 0.4) is 0 Å². The van der Waals surface area contributed by atoms with Crippen molar-refractivity contribution in [3.8, 4) is 0 Å². The van der Waals surface area contributed by atoms with Gasteiger partial charge in [-0.3, -0.25) is 0 Å². The van der Waals surface area contributed by atoms with Crippen molar-refractivity contribution in [2.75, 3.05) is 13.1 Å². The molecule has 0 unspecified atom stereocenters. The van der Waals surface area contributed by atoms with Crippen LogP contribution in [0.1, 0.15) is 189 Å². The smallest absolute Gasteiger partial charge is 0.410 e. The lowest BCUT2D eigenvalue weighted by molar-refractivity contribution is -0.0785. The topological polar surface area (TPSA) is 97.8 Å². The molecule has 20 atom stereocenters. The highest BCUT2D eigenvalue weighted by Gasteiger charge is 2.62. The van der Waals surface area contributed by atoms with E-state index in [1.165, 1.54) is 56.9 Å². The normalized spacial score (nSPS) is 43.5. The second-order valence-corrected chi connectivity index (χ2v) is 30.3. The molecular formula is C73H100N2O7. The first kappa shape index (κ1) is 56.9. The van der Waals surface area contributed by atoms with Gasteiger partial charge in [-0.2, -0.15) is 0 Å². The summed E-state index contributed by atoms with van der Waals surface area (Å²) in [5, 5.41) is 10.4. The summed E-state index contributed by atoms with van der Waals surface area (Å²) in [7, 11) is 0. The molecule has 2 spiro atoms. The molecule has 9 heteroatoms. The Morgan fingerprint density at radius 2 is 1.01 bits per heavy atom. The first-order valence-electron chi connectivity index (χ1n) is 33.1. The van der Waals surface area contributed by atoms with Crippen molar-refractivity contribution < 1.29 is 33.6 Å². The van der Waals surface area contributed by atoms with Crippen LogP contribution in [0.25, 0.3) is 0 Å². The Morgan fingerprint density at radius 1 is 0.573 bits per heavy atom. The van der Waals surface area contributed by atoms with Crippen LogP contribution in [0.4, 0.5) is 9.59 Å². The van der Waals surface area contributed by atoms with Crippen molar-refractivity contribution in [2.24, 2.45) is 75.9 Å². The molecule has 444 valence electrons. The first-order valence-corrected chi connectivity index (χ1v) is 33.1. The number of carbonyl (C=O) groups excluding carboxylic acids is 2. The summed E-state index contributed by atoms with van der Waals surface area (Å²) in [6.07, 6.45) is 25.5. The van der Waals surface area contributed by atoms with Crippen LogP contribution >= 0.6 is 0 Å². The number of rotatable bonds is 4. The molecule has 4 heterocycles. The average molecular weight is 1120 g/mol. The fourth-order valence-electron chi connectivity index (χ4n) is 21.1. The zero-order chi connectivity index (χ0) is 57.0. The molecule has 0 bridgehead atoms. The maximum absolute atomic E-state index is 13.5. The maximum Gasteiger partial charge on any atom is 0.410 e. The van der Waals surface area contributed by atoms with Crippen molar-refractivity contribution in [1.29, 1.82) is 0 Å². The minimum absolute atomic E-state index is 0.0747. The number of amides is 2. The Kier molecular flexibility index (Phi) is 15.2. The van der Waals surface area contributed by atoms with Crippen molar-refractivity contribution in [1.82, 2.24) is 9.80 Å². The van der Waals surface area contributed by atoms with E-state index in [9.17, 15) is 14.7 Å². The molecular weight excluding hydrogens is 1020 g/mol. The van der Waals surface area contributed by atoms with Crippen LogP contribution in [0.5, 0.6) is 0 Å². The van der Waals surface area contributed by atoms with Crippen LogP contribution in [0.2, 0.25) is 0 Å². The average Bonchev–Trinajstić information content (AvgIpc) is 3.64. The number of piperidine rings is 2. The van der Waals surface area contributed by atoms with E-state index in [4.69, 9.17) is 18.9 Å². The minimum atomic E-state index is -0.206. The lowest BCUT2D eigenvalue weighted by Gasteiger charge is -2.49. The number of ether oxygens (including phenoxy) is 4. The van der Waals surface area contributed by atoms with Gasteiger partial charge in [0.2, 0.25) is 0 Å². The molecule has 4 aliphatic heterocycles. The molecule has 0 radical (unpaired) electrons. The van der Waals surface area contributed by atoms with Crippen molar-refractivity contribution in [3.05, 3.63) is 117 Å². The van der Waals surface area contributed by atoms with Gasteiger partial charge in [0.05, 0.1) is 41.6 Å². The molecule has 8 fully saturated rings. The highest BCUT2D eigenvalue weighted by molar-refractivity contribution is 5.69. The minimum Gasteiger partial charge on any atom is -0.445 e. The van der Waals surface area contributed by atoms with Gasteiger partial charge < -0.3 is 33.9 Å². The Bertz CT molecular complexity index is 2670. The second-order valence-electron chi connectivity index (χ2n) is 30.3. The predicted molar refractivity (Wildman–Crippen MR) is 323 cm³/mol. The molecule has 9 nitrogen and oxygen atoms in total. The number of nitrogens with zero attached hydrogens (tertiary/aromatic N) is 2. The first-order chi connectivity index (χ1) is 39.4. The van der Waals surface area contributed by atoms with Crippen LogP contribution in [0, 0.1) is 75.9 Å². The van der Waals surface area contributed by atoms with Gasteiger partial charge in [0, 0.05) is 24.9 Å². The van der Waals surface area contributed by atoms with E-state index >= 15 is 0 Å². The van der Waals surface area contributed by atoms with E-state index in [0.717, 1.165) is 106 Å². The number of hydrogen-bond acceptors (Lipinski definition) is 7. The summed E-state index contributed by atoms with van der Waals surface area (Å²) in [5.74, 6) is 6.60. The highest BCUT2D eigenvalue weighted by Crippen LogP contribution is 2.66. The molecule has 1 N–H and O–H groups in total. The van der Waals surface area contributed by atoms with Gasteiger partial charge in [0.1, 0.15) is 13.2 Å². The summed E-state index contributed by atoms with van der Waals surface area (Å²) in [6, 6.07) is 20.2. The molecule has 8 aliphatic carbocycles. The number of hydrogen-bond donors (Lipinski definition) is 1. The van der Waals surface area contributed by atoms with Crippen molar-refractivity contribution in [3.63, 3.8) is 0 Å². The number of carbonyl (C=O) groups is 2. The summed E-state index contributed by atoms with van der Waals surface area (Å²) in [4.78, 5) is 31.1. The number of allylic oxidation sites excluding steroid dienone is 5. The van der Waals surface area contributed by atoms with E-state index in [1.807, 2.05) is 70.5 Å². The molecule has 2 amide bonds. The zero-order valence-corrected chi connectivity index (χ0v) is 51.5. The van der Waals surface area contributed by atoms with E-state index in [2.05, 4.69) is 74.5 Å². The van der Waals surface area contributed by atoms with Crippen LogP contribution < -0.4 is 0 Å². The van der Waals surface area contributed by atoms with Crippen LogP contribution in [0.15, 0.2) is 106 Å². The van der Waals surface area contributed by atoms with Gasteiger partial charge >= 0.3 is 12.2 Å².